The Morgan fingerprint density at radius 2 is 2.00 bits per heavy atom. The first kappa shape index (κ1) is 18.7. The number of benzene rings is 2. The van der Waals surface area contributed by atoms with Gasteiger partial charge in [0.05, 0.1) is 6.61 Å². The smallest absolute Gasteiger partial charge is 0.295 e. The second kappa shape index (κ2) is 8.09. The molecule has 3 rings (SSSR count). The number of carbonyl (C=O) groups is 1. The number of halogens is 1. The Morgan fingerprint density at radius 3 is 2.70 bits per heavy atom. The summed E-state index contributed by atoms with van der Waals surface area (Å²) in [6, 6.07) is 13.6. The van der Waals surface area contributed by atoms with Crippen molar-refractivity contribution in [2.45, 2.75) is 26.4 Å². The third-order valence-corrected chi connectivity index (χ3v) is 3.93. The summed E-state index contributed by atoms with van der Waals surface area (Å²) in [5.74, 6) is -0.425. The largest absolute Gasteiger partial charge is 0.380 e. The maximum atomic E-state index is 14.2. The molecule has 0 saturated carbocycles. The number of hydrogen-bond acceptors (Lipinski definition) is 4. The molecule has 1 N–H and O–H groups in total. The highest BCUT2D eigenvalue weighted by Gasteiger charge is 2.21. The maximum absolute atomic E-state index is 14.2. The summed E-state index contributed by atoms with van der Waals surface area (Å²) in [6.45, 7) is 4.27. The van der Waals surface area contributed by atoms with Crippen molar-refractivity contribution >= 4 is 11.6 Å². The number of anilines is 1. The molecule has 7 heteroatoms. The summed E-state index contributed by atoms with van der Waals surface area (Å²) in [5, 5.41) is 7.02. The average molecular weight is 368 g/mol. The van der Waals surface area contributed by atoms with Crippen molar-refractivity contribution in [3.05, 3.63) is 71.6 Å². The van der Waals surface area contributed by atoms with Crippen LogP contribution in [-0.2, 0) is 11.3 Å². The number of nitrogens with zero attached hydrogens (tertiary/aromatic N) is 3. The van der Waals surface area contributed by atoms with Crippen LogP contribution in [0, 0.1) is 5.82 Å². The molecule has 2 aromatic carbocycles. The number of carbonyl (C=O) groups excluding carboxylic acids is 1. The summed E-state index contributed by atoms with van der Waals surface area (Å²) in [5.41, 5.74) is 1.81. The molecule has 0 aliphatic heterocycles. The van der Waals surface area contributed by atoms with E-state index in [1.807, 2.05) is 32.0 Å². The number of rotatable bonds is 6. The van der Waals surface area contributed by atoms with E-state index in [1.165, 1.54) is 10.7 Å². The van der Waals surface area contributed by atoms with Gasteiger partial charge in [-0.05, 0) is 29.8 Å². The van der Waals surface area contributed by atoms with Crippen LogP contribution in [0.25, 0.3) is 5.69 Å². The molecule has 0 atom stereocenters. The first-order valence-electron chi connectivity index (χ1n) is 8.60. The van der Waals surface area contributed by atoms with Crippen molar-refractivity contribution in [1.29, 1.82) is 0 Å². The minimum Gasteiger partial charge on any atom is -0.380 e. The second-order valence-electron chi connectivity index (χ2n) is 6.40. The highest BCUT2D eigenvalue weighted by Crippen LogP contribution is 2.20. The van der Waals surface area contributed by atoms with Gasteiger partial charge in [0.1, 0.15) is 17.3 Å². The van der Waals surface area contributed by atoms with Gasteiger partial charge in [-0.15, -0.1) is 5.10 Å². The van der Waals surface area contributed by atoms with Crippen LogP contribution in [0.1, 0.15) is 41.8 Å². The van der Waals surface area contributed by atoms with E-state index in [4.69, 9.17) is 4.74 Å². The fourth-order valence-electron chi connectivity index (χ4n) is 2.69. The van der Waals surface area contributed by atoms with Crippen LogP contribution in [-0.4, -0.2) is 27.8 Å². The molecule has 140 valence electrons. The highest BCUT2D eigenvalue weighted by molar-refractivity contribution is 6.01. The van der Waals surface area contributed by atoms with Crippen molar-refractivity contribution in [1.82, 2.24) is 14.8 Å². The minimum atomic E-state index is -0.457. The molecule has 0 spiro atoms. The minimum absolute atomic E-state index is 0.0147. The lowest BCUT2D eigenvalue weighted by atomic mass is 10.2. The Balaban J connectivity index is 1.91. The molecule has 0 radical (unpaired) electrons. The lowest BCUT2D eigenvalue weighted by Gasteiger charge is -2.08. The number of hydrogen-bond donors (Lipinski definition) is 1. The molecule has 0 unspecified atom stereocenters. The van der Waals surface area contributed by atoms with Crippen LogP contribution in [0.5, 0.6) is 0 Å². The zero-order chi connectivity index (χ0) is 19.4. The van der Waals surface area contributed by atoms with E-state index in [-0.39, 0.29) is 17.4 Å². The van der Waals surface area contributed by atoms with E-state index < -0.39 is 11.7 Å². The Labute approximate surface area is 157 Å². The van der Waals surface area contributed by atoms with E-state index in [0.717, 1.165) is 5.56 Å². The molecule has 27 heavy (non-hydrogen) atoms. The zero-order valence-electron chi connectivity index (χ0n) is 15.4. The first-order valence-corrected chi connectivity index (χ1v) is 8.60. The maximum Gasteiger partial charge on any atom is 0.295 e. The van der Waals surface area contributed by atoms with E-state index in [9.17, 15) is 9.18 Å². The van der Waals surface area contributed by atoms with Crippen molar-refractivity contribution in [2.75, 3.05) is 12.4 Å². The van der Waals surface area contributed by atoms with Crippen LogP contribution >= 0.6 is 0 Å². The molecule has 0 aliphatic rings. The molecule has 0 aliphatic carbocycles. The van der Waals surface area contributed by atoms with Gasteiger partial charge in [-0.2, -0.15) is 0 Å². The molecule has 3 aromatic rings. The number of methoxy groups -OCH3 is 1. The third-order valence-electron chi connectivity index (χ3n) is 3.93. The fourth-order valence-corrected chi connectivity index (χ4v) is 2.69. The molecule has 0 bridgehead atoms. The molecule has 1 heterocycles. The van der Waals surface area contributed by atoms with E-state index >= 15 is 0 Å². The predicted molar refractivity (Wildman–Crippen MR) is 101 cm³/mol. The Kier molecular flexibility index (Phi) is 5.61. The Bertz CT molecular complexity index is 953. The Hall–Kier alpha value is -3.06. The molecule has 0 fully saturated rings. The summed E-state index contributed by atoms with van der Waals surface area (Å²) in [4.78, 5) is 16.9. The SMILES string of the molecule is COCc1cccc(NC(=O)c2nc(C(C)C)n(-c3ccccc3F)n2)c1. The number of nitrogens with one attached hydrogen (secondary N) is 1. The lowest BCUT2D eigenvalue weighted by molar-refractivity contribution is 0.101. The van der Waals surface area contributed by atoms with Gasteiger partial charge in [-0.3, -0.25) is 4.79 Å². The van der Waals surface area contributed by atoms with Crippen molar-refractivity contribution < 1.29 is 13.9 Å². The highest BCUT2D eigenvalue weighted by atomic mass is 19.1. The third kappa shape index (κ3) is 4.20. The predicted octanol–water partition coefficient (Wildman–Crippen LogP) is 3.93. The average Bonchev–Trinajstić information content (AvgIpc) is 3.08. The summed E-state index contributed by atoms with van der Waals surface area (Å²) >= 11 is 0. The van der Waals surface area contributed by atoms with Gasteiger partial charge in [-0.1, -0.05) is 38.1 Å². The Morgan fingerprint density at radius 1 is 1.22 bits per heavy atom. The number of para-hydroxylation sites is 1. The normalized spacial score (nSPS) is 11.0. The number of aromatic nitrogens is 3. The number of amides is 1. The van der Waals surface area contributed by atoms with Gasteiger partial charge in [0.2, 0.25) is 5.82 Å². The van der Waals surface area contributed by atoms with Crippen LogP contribution in [0.15, 0.2) is 48.5 Å². The standard InChI is InChI=1S/C20H21FN4O2/c1-13(2)19-23-18(24-25(19)17-10-5-4-9-16(17)21)20(26)22-15-8-6-7-14(11-15)12-27-3/h4-11,13H,12H2,1-3H3,(H,22,26). The van der Waals surface area contributed by atoms with Crippen LogP contribution in [0.4, 0.5) is 10.1 Å². The summed E-state index contributed by atoms with van der Waals surface area (Å²) < 4.78 is 20.7. The van der Waals surface area contributed by atoms with E-state index in [0.29, 0.717) is 18.1 Å². The molecule has 1 aromatic heterocycles. The molecule has 0 saturated heterocycles. The topological polar surface area (TPSA) is 69.0 Å². The van der Waals surface area contributed by atoms with E-state index in [2.05, 4.69) is 15.4 Å². The number of ether oxygens (including phenoxy) is 1. The first-order chi connectivity index (χ1) is 13.0. The monoisotopic (exact) mass is 368 g/mol. The molecule has 1 amide bonds. The summed E-state index contributed by atoms with van der Waals surface area (Å²) in [7, 11) is 1.61. The van der Waals surface area contributed by atoms with Gasteiger partial charge in [0.15, 0.2) is 0 Å². The fraction of sp³-hybridized carbons (Fsp3) is 0.250. The van der Waals surface area contributed by atoms with E-state index in [1.54, 1.807) is 31.4 Å². The second-order valence-corrected chi connectivity index (χ2v) is 6.40. The van der Waals surface area contributed by atoms with Crippen LogP contribution < -0.4 is 5.32 Å². The van der Waals surface area contributed by atoms with Crippen molar-refractivity contribution in [3.63, 3.8) is 0 Å². The van der Waals surface area contributed by atoms with Gasteiger partial charge in [0, 0.05) is 18.7 Å². The van der Waals surface area contributed by atoms with Crippen molar-refractivity contribution in [3.8, 4) is 5.69 Å². The quantitative estimate of drug-likeness (QED) is 0.716. The van der Waals surface area contributed by atoms with Gasteiger partial charge < -0.3 is 10.1 Å². The van der Waals surface area contributed by atoms with Crippen LogP contribution in [0.2, 0.25) is 0 Å². The van der Waals surface area contributed by atoms with Crippen molar-refractivity contribution in [2.24, 2.45) is 0 Å². The zero-order valence-corrected chi connectivity index (χ0v) is 15.4. The van der Waals surface area contributed by atoms with Gasteiger partial charge in [-0.25, -0.2) is 14.1 Å². The molecule has 6 nitrogen and oxygen atoms in total. The molecular weight excluding hydrogens is 347 g/mol. The summed E-state index contributed by atoms with van der Waals surface area (Å²) in [6.07, 6.45) is 0. The lowest BCUT2D eigenvalue weighted by Crippen LogP contribution is -2.14. The molecular formula is C20H21FN4O2. The van der Waals surface area contributed by atoms with Gasteiger partial charge in [0.25, 0.3) is 5.91 Å². The van der Waals surface area contributed by atoms with Gasteiger partial charge >= 0.3 is 0 Å². The van der Waals surface area contributed by atoms with Crippen LogP contribution in [0.3, 0.4) is 0 Å².